The van der Waals surface area contributed by atoms with Gasteiger partial charge in [-0.05, 0) is 62.9 Å². The molecular formula is C33H33ClN4O7. The normalized spacial score (nSPS) is 15.8. The average Bonchev–Trinajstić information content (AvgIpc) is 3.14. The van der Waals surface area contributed by atoms with Gasteiger partial charge in [-0.15, -0.1) is 12.4 Å². The van der Waals surface area contributed by atoms with Gasteiger partial charge in [0, 0.05) is 35.2 Å². The van der Waals surface area contributed by atoms with Crippen molar-refractivity contribution in [2.24, 2.45) is 11.7 Å². The first-order chi connectivity index (χ1) is 21.0. The fourth-order valence-electron chi connectivity index (χ4n) is 5.48. The van der Waals surface area contributed by atoms with Gasteiger partial charge < -0.3 is 30.0 Å². The number of methoxy groups -OCH3 is 1. The molecule has 4 aromatic rings. The molecule has 0 saturated heterocycles. The Morgan fingerprint density at radius 3 is 2.24 bits per heavy atom. The van der Waals surface area contributed by atoms with Gasteiger partial charge in [0.05, 0.1) is 30.9 Å². The summed E-state index contributed by atoms with van der Waals surface area (Å²) in [5, 5.41) is 3.50. The first-order valence-electron chi connectivity index (χ1n) is 13.9. The molecular weight excluding hydrogens is 600 g/mol. The predicted molar refractivity (Wildman–Crippen MR) is 172 cm³/mol. The van der Waals surface area contributed by atoms with Crippen LogP contribution >= 0.6 is 12.4 Å². The lowest BCUT2D eigenvalue weighted by Gasteiger charge is -2.36. The van der Waals surface area contributed by atoms with Crippen molar-refractivity contribution in [1.29, 1.82) is 0 Å². The Hall–Kier alpha value is -5.00. The highest BCUT2D eigenvalue weighted by Crippen LogP contribution is 2.39. The molecule has 5 rings (SSSR count). The molecule has 0 aliphatic carbocycles. The zero-order valence-corrected chi connectivity index (χ0v) is 26.0. The highest BCUT2D eigenvalue weighted by atomic mass is 35.5. The number of hydrogen-bond acceptors (Lipinski definition) is 8. The van der Waals surface area contributed by atoms with Gasteiger partial charge in [0.1, 0.15) is 16.9 Å². The molecule has 0 spiro atoms. The van der Waals surface area contributed by atoms with Crippen LogP contribution in [-0.2, 0) is 16.1 Å². The van der Waals surface area contributed by atoms with Crippen molar-refractivity contribution in [3.63, 3.8) is 0 Å². The highest BCUT2D eigenvalue weighted by Gasteiger charge is 2.48. The van der Waals surface area contributed by atoms with Gasteiger partial charge in [-0.3, -0.25) is 19.2 Å². The molecule has 2 heterocycles. The van der Waals surface area contributed by atoms with E-state index in [-0.39, 0.29) is 42.4 Å². The maximum Gasteiger partial charge on any atom is 0.336 e. The minimum atomic E-state index is -1.56. The van der Waals surface area contributed by atoms with E-state index in [1.807, 2.05) is 0 Å². The van der Waals surface area contributed by atoms with E-state index in [1.54, 1.807) is 66.7 Å². The summed E-state index contributed by atoms with van der Waals surface area (Å²) < 4.78 is 10.7. The zero-order chi connectivity index (χ0) is 31.8. The SMILES string of the molecule is CNC(C)(C(N)=O)[C@@H]1CN(C(=O)c2ccc(C(C)=O)cc2)c2ccccc2N(Cc2cc(=O)oc3cc(OC)ccc23)C1=O.Cl. The quantitative estimate of drug-likeness (QED) is 0.220. The predicted octanol–water partition coefficient (Wildman–Crippen LogP) is 3.70. The minimum Gasteiger partial charge on any atom is -0.497 e. The maximum absolute atomic E-state index is 14.5. The van der Waals surface area contributed by atoms with Gasteiger partial charge in [0.15, 0.2) is 5.78 Å². The molecule has 1 aliphatic heterocycles. The fraction of sp³-hybridized carbons (Fsp3) is 0.242. The third-order valence-corrected chi connectivity index (χ3v) is 8.27. The number of amides is 3. The summed E-state index contributed by atoms with van der Waals surface area (Å²) >= 11 is 0. The number of anilines is 2. The van der Waals surface area contributed by atoms with Crippen LogP contribution in [0.4, 0.5) is 11.4 Å². The van der Waals surface area contributed by atoms with Crippen LogP contribution in [0.3, 0.4) is 0 Å². The summed E-state index contributed by atoms with van der Waals surface area (Å²) in [6.45, 7) is 2.70. The zero-order valence-electron chi connectivity index (χ0n) is 25.2. The lowest BCUT2D eigenvalue weighted by Crippen LogP contribution is -2.63. The van der Waals surface area contributed by atoms with Crippen LogP contribution in [0.15, 0.2) is 82.0 Å². The van der Waals surface area contributed by atoms with E-state index in [4.69, 9.17) is 14.9 Å². The Kier molecular flexibility index (Phi) is 9.45. The van der Waals surface area contributed by atoms with Crippen LogP contribution in [0, 0.1) is 5.92 Å². The van der Waals surface area contributed by atoms with Crippen LogP contribution < -0.4 is 31.2 Å². The van der Waals surface area contributed by atoms with Crippen LogP contribution in [0.2, 0.25) is 0 Å². The van der Waals surface area contributed by atoms with Gasteiger partial charge in [0.25, 0.3) is 5.91 Å². The molecule has 45 heavy (non-hydrogen) atoms. The molecule has 0 radical (unpaired) electrons. The third-order valence-electron chi connectivity index (χ3n) is 8.27. The molecule has 12 heteroatoms. The number of para-hydroxylation sites is 2. The first kappa shape index (κ1) is 32.9. The molecule has 0 saturated carbocycles. The fourth-order valence-corrected chi connectivity index (χ4v) is 5.48. The number of ketones is 1. The number of nitrogens with two attached hydrogens (primary N) is 1. The summed E-state index contributed by atoms with van der Waals surface area (Å²) in [6, 6.07) is 19.5. The van der Waals surface area contributed by atoms with Crippen molar-refractivity contribution in [2.75, 3.05) is 30.5 Å². The van der Waals surface area contributed by atoms with E-state index in [0.29, 0.717) is 33.6 Å². The molecule has 2 atom stereocenters. The molecule has 3 aromatic carbocycles. The Labute approximate surface area is 265 Å². The molecule has 3 N–H and O–H groups in total. The van der Waals surface area contributed by atoms with E-state index < -0.39 is 34.8 Å². The van der Waals surface area contributed by atoms with Crippen molar-refractivity contribution in [3.05, 3.63) is 99.9 Å². The number of hydrogen-bond donors (Lipinski definition) is 2. The van der Waals surface area contributed by atoms with E-state index in [0.717, 1.165) is 0 Å². The molecule has 3 amide bonds. The monoisotopic (exact) mass is 632 g/mol. The lowest BCUT2D eigenvalue weighted by molar-refractivity contribution is -0.133. The number of nitrogens with zero attached hydrogens (tertiary/aromatic N) is 2. The summed E-state index contributed by atoms with van der Waals surface area (Å²) in [5.74, 6) is -2.48. The van der Waals surface area contributed by atoms with E-state index in [2.05, 4.69) is 5.32 Å². The van der Waals surface area contributed by atoms with Crippen molar-refractivity contribution < 1.29 is 28.3 Å². The molecule has 1 aliphatic rings. The van der Waals surface area contributed by atoms with Gasteiger partial charge in [0.2, 0.25) is 11.8 Å². The Balaban J connectivity index is 0.00000461. The molecule has 1 unspecified atom stereocenters. The molecule has 1 aromatic heterocycles. The number of primary amides is 1. The third kappa shape index (κ3) is 6.04. The Bertz CT molecular complexity index is 1860. The standard InChI is InChI=1S/C33H32N4O7.ClH/c1-19(38)20-9-11-21(12-10-20)30(40)37-18-25(33(2,35-3)32(34)42)31(41)36(26-7-5-6-8-27(26)37)17-22-15-29(39)44-28-16-23(43-4)13-14-24(22)28;/h5-16,25,35H,17-18H2,1-4H3,(H2,34,42);1H/t25-,33?;/m1./s1. The summed E-state index contributed by atoms with van der Waals surface area (Å²) in [5.41, 5.74) is 6.00. The minimum absolute atomic E-state index is 0. The summed E-state index contributed by atoms with van der Waals surface area (Å²) in [6.07, 6.45) is 0. The topological polar surface area (TPSA) is 152 Å². The largest absolute Gasteiger partial charge is 0.497 e. The van der Waals surface area contributed by atoms with Crippen LogP contribution in [0.5, 0.6) is 5.75 Å². The second-order valence-electron chi connectivity index (χ2n) is 10.8. The Morgan fingerprint density at radius 1 is 1.00 bits per heavy atom. The van der Waals surface area contributed by atoms with E-state index >= 15 is 0 Å². The Morgan fingerprint density at radius 2 is 1.64 bits per heavy atom. The highest BCUT2D eigenvalue weighted by molar-refractivity contribution is 6.13. The van der Waals surface area contributed by atoms with Gasteiger partial charge in [-0.25, -0.2) is 4.79 Å². The lowest BCUT2D eigenvalue weighted by atomic mass is 9.83. The summed E-state index contributed by atoms with van der Waals surface area (Å²) in [4.78, 5) is 68.8. The number of ether oxygens (including phenoxy) is 1. The second kappa shape index (κ2) is 12.9. The van der Waals surface area contributed by atoms with Crippen molar-refractivity contribution in [2.45, 2.75) is 25.9 Å². The van der Waals surface area contributed by atoms with Crippen LogP contribution in [0.1, 0.15) is 40.1 Å². The number of carbonyl (C=O) groups excluding carboxylic acids is 4. The van der Waals surface area contributed by atoms with Crippen molar-refractivity contribution in [3.8, 4) is 5.75 Å². The smallest absolute Gasteiger partial charge is 0.336 e. The molecule has 11 nitrogen and oxygen atoms in total. The van der Waals surface area contributed by atoms with Gasteiger partial charge in [-0.2, -0.15) is 0 Å². The number of carbonyl (C=O) groups is 4. The number of likely N-dealkylation sites (N-methyl/N-ethyl adjacent to an activating group) is 1. The number of benzene rings is 3. The van der Waals surface area contributed by atoms with Crippen LogP contribution in [-0.4, -0.2) is 49.7 Å². The second-order valence-corrected chi connectivity index (χ2v) is 10.8. The number of nitrogens with one attached hydrogen (secondary N) is 1. The first-order valence-corrected chi connectivity index (χ1v) is 13.9. The number of rotatable bonds is 8. The molecule has 234 valence electrons. The van der Waals surface area contributed by atoms with Crippen LogP contribution in [0.25, 0.3) is 11.0 Å². The van der Waals surface area contributed by atoms with Crippen molar-refractivity contribution >= 4 is 58.3 Å². The number of halogens is 1. The summed E-state index contributed by atoms with van der Waals surface area (Å²) in [7, 11) is 3.02. The van der Waals surface area contributed by atoms with Crippen molar-refractivity contribution in [1.82, 2.24) is 5.32 Å². The number of fused-ring (bicyclic) bond motifs is 2. The van der Waals surface area contributed by atoms with E-state index in [9.17, 15) is 24.0 Å². The van der Waals surface area contributed by atoms with Gasteiger partial charge >= 0.3 is 5.63 Å². The van der Waals surface area contributed by atoms with Gasteiger partial charge in [-0.1, -0.05) is 24.3 Å². The molecule has 0 fully saturated rings. The van der Waals surface area contributed by atoms with E-state index in [1.165, 1.54) is 43.9 Å². The average molecular weight is 633 g/mol. The molecule has 0 bridgehead atoms. The number of Topliss-reactive ketones (excluding diaryl/α,β-unsaturated/α-hetero) is 1. The maximum atomic E-state index is 14.5.